The summed E-state index contributed by atoms with van der Waals surface area (Å²) in [6.45, 7) is 2.15. The summed E-state index contributed by atoms with van der Waals surface area (Å²) >= 11 is 0. The predicted molar refractivity (Wildman–Crippen MR) is 138 cm³/mol. The van der Waals surface area contributed by atoms with Gasteiger partial charge in [-0.15, -0.1) is 0 Å². The minimum Gasteiger partial charge on any atom is -0.481 e. The molecule has 0 spiro atoms. The Kier molecular flexibility index (Phi) is 9.06. The van der Waals surface area contributed by atoms with Crippen LogP contribution >= 0.6 is 0 Å². The van der Waals surface area contributed by atoms with Crippen LogP contribution in [-0.4, -0.2) is 67.4 Å². The summed E-state index contributed by atoms with van der Waals surface area (Å²) in [5.41, 5.74) is 2.29. The zero-order chi connectivity index (χ0) is 27.0. The van der Waals surface area contributed by atoms with Crippen LogP contribution in [0.4, 0.5) is 0 Å². The summed E-state index contributed by atoms with van der Waals surface area (Å²) < 4.78 is 21.0. The highest BCUT2D eigenvalue weighted by atomic mass is 16.8. The number of nitrogens with zero attached hydrogens (tertiary/aromatic N) is 2. The van der Waals surface area contributed by atoms with Crippen LogP contribution in [0.5, 0.6) is 5.88 Å². The van der Waals surface area contributed by atoms with Gasteiger partial charge >= 0.3 is 11.9 Å². The van der Waals surface area contributed by atoms with E-state index in [1.165, 1.54) is 32.5 Å². The van der Waals surface area contributed by atoms with Gasteiger partial charge in [-0.05, 0) is 42.2 Å². The van der Waals surface area contributed by atoms with Gasteiger partial charge in [0, 0.05) is 32.5 Å². The first-order valence-electron chi connectivity index (χ1n) is 12.5. The van der Waals surface area contributed by atoms with Gasteiger partial charge in [-0.3, -0.25) is 4.79 Å². The molecule has 0 aliphatic carbocycles. The highest BCUT2D eigenvalue weighted by Gasteiger charge is 2.36. The summed E-state index contributed by atoms with van der Waals surface area (Å²) in [7, 11) is 2.67. The third-order valence-electron chi connectivity index (χ3n) is 6.55. The molecule has 1 N–H and O–H groups in total. The molecule has 1 fully saturated rings. The number of aryl methyl sites for hydroxylation is 1. The number of ether oxygens (including phenoxy) is 4. The van der Waals surface area contributed by atoms with E-state index in [1.54, 1.807) is 24.3 Å². The molecule has 1 aliphatic rings. The van der Waals surface area contributed by atoms with Crippen molar-refractivity contribution in [2.75, 3.05) is 40.5 Å². The van der Waals surface area contributed by atoms with E-state index < -0.39 is 11.9 Å². The number of rotatable bonds is 10. The van der Waals surface area contributed by atoms with Crippen LogP contribution in [0.3, 0.4) is 0 Å². The Balaban J connectivity index is 1.54. The second kappa shape index (κ2) is 12.6. The predicted octanol–water partition coefficient (Wildman–Crippen LogP) is 3.27. The van der Waals surface area contributed by atoms with Gasteiger partial charge < -0.3 is 29.0 Å². The number of amides is 1. The van der Waals surface area contributed by atoms with Crippen LogP contribution in [0.15, 0.2) is 72.9 Å². The molecule has 9 heteroatoms. The van der Waals surface area contributed by atoms with Crippen molar-refractivity contribution in [2.45, 2.75) is 24.7 Å². The number of hydrogen-bond acceptors (Lipinski definition) is 8. The fourth-order valence-electron chi connectivity index (χ4n) is 4.37. The lowest BCUT2D eigenvalue weighted by molar-refractivity contribution is -0.334. The SMILES string of the molecule is COc1cc(C(=O)OC(O)(OC)c2ccc(C(CCc3ccccc3)C(=O)N3CCOCC3)cc2)ccn1. The van der Waals surface area contributed by atoms with E-state index in [-0.39, 0.29) is 28.8 Å². The zero-order valence-electron chi connectivity index (χ0n) is 21.5. The van der Waals surface area contributed by atoms with E-state index in [1.807, 2.05) is 35.2 Å². The van der Waals surface area contributed by atoms with Gasteiger partial charge in [0.05, 0.1) is 37.4 Å². The Labute approximate surface area is 221 Å². The Bertz CT molecular complexity index is 1210. The van der Waals surface area contributed by atoms with Gasteiger partial charge in [-0.2, -0.15) is 0 Å². The Hall–Kier alpha value is -3.79. The topological polar surface area (TPSA) is 107 Å². The molecule has 1 amide bonds. The van der Waals surface area contributed by atoms with Crippen LogP contribution < -0.4 is 4.74 Å². The molecule has 2 unspecified atom stereocenters. The van der Waals surface area contributed by atoms with E-state index in [0.717, 1.165) is 17.5 Å². The third kappa shape index (κ3) is 6.55. The van der Waals surface area contributed by atoms with E-state index >= 15 is 0 Å². The molecule has 0 radical (unpaired) electrons. The molecule has 3 aromatic rings. The number of methoxy groups -OCH3 is 2. The largest absolute Gasteiger partial charge is 0.481 e. The van der Waals surface area contributed by atoms with Crippen LogP contribution in [0, 0.1) is 0 Å². The van der Waals surface area contributed by atoms with E-state index in [4.69, 9.17) is 18.9 Å². The standard InChI is InChI=1S/C29H32N2O7/c1-35-26-20-23(14-15-30-26)28(33)38-29(34,36-2)24-11-9-22(10-12-24)25(13-8-21-6-4-3-5-7-21)27(32)31-16-18-37-19-17-31/h3-7,9-12,14-15,20,25,34H,8,13,16-19H2,1-2H3. The zero-order valence-corrected chi connectivity index (χ0v) is 21.5. The molecule has 200 valence electrons. The Morgan fingerprint density at radius 1 is 1.05 bits per heavy atom. The van der Waals surface area contributed by atoms with E-state index in [0.29, 0.717) is 32.7 Å². The number of aliphatic hydroxyl groups is 1. The number of esters is 1. The number of pyridine rings is 1. The highest BCUT2D eigenvalue weighted by molar-refractivity contribution is 5.89. The van der Waals surface area contributed by atoms with Crippen LogP contribution in [0.1, 0.15) is 39.4 Å². The molecule has 2 heterocycles. The first-order chi connectivity index (χ1) is 18.4. The van der Waals surface area contributed by atoms with Crippen molar-refractivity contribution in [1.29, 1.82) is 0 Å². The molecule has 0 bridgehead atoms. The summed E-state index contributed by atoms with van der Waals surface area (Å²) in [6.07, 6.45) is 2.75. The Morgan fingerprint density at radius 2 is 1.76 bits per heavy atom. The molecule has 4 rings (SSSR count). The smallest absolute Gasteiger partial charge is 0.355 e. The number of carbonyl (C=O) groups is 2. The number of carbonyl (C=O) groups excluding carboxylic acids is 2. The van der Waals surface area contributed by atoms with Crippen molar-refractivity contribution in [3.05, 3.63) is 95.2 Å². The number of morpholine rings is 1. The van der Waals surface area contributed by atoms with Gasteiger partial charge in [0.2, 0.25) is 11.8 Å². The fourth-order valence-corrected chi connectivity index (χ4v) is 4.37. The van der Waals surface area contributed by atoms with Crippen LogP contribution in [-0.2, 0) is 31.4 Å². The summed E-state index contributed by atoms with van der Waals surface area (Å²) in [5.74, 6) is -3.26. The van der Waals surface area contributed by atoms with Crippen molar-refractivity contribution in [3.63, 3.8) is 0 Å². The van der Waals surface area contributed by atoms with Crippen molar-refractivity contribution in [2.24, 2.45) is 0 Å². The monoisotopic (exact) mass is 520 g/mol. The molecular weight excluding hydrogens is 488 g/mol. The number of aromatic nitrogens is 1. The van der Waals surface area contributed by atoms with Gasteiger partial charge in [0.15, 0.2) is 0 Å². The second-order valence-electron chi connectivity index (χ2n) is 8.90. The average Bonchev–Trinajstić information content (AvgIpc) is 2.98. The second-order valence-corrected chi connectivity index (χ2v) is 8.90. The van der Waals surface area contributed by atoms with Gasteiger partial charge in [0.1, 0.15) is 0 Å². The molecule has 2 atom stereocenters. The molecule has 38 heavy (non-hydrogen) atoms. The molecule has 0 saturated carbocycles. The molecule has 1 aromatic heterocycles. The average molecular weight is 521 g/mol. The van der Waals surface area contributed by atoms with Crippen LogP contribution in [0.25, 0.3) is 0 Å². The maximum atomic E-state index is 13.5. The Morgan fingerprint density at radius 3 is 2.42 bits per heavy atom. The van der Waals surface area contributed by atoms with Gasteiger partial charge in [-0.25, -0.2) is 9.78 Å². The normalized spacial score (nSPS) is 15.8. The van der Waals surface area contributed by atoms with Crippen molar-refractivity contribution >= 4 is 11.9 Å². The van der Waals surface area contributed by atoms with Crippen molar-refractivity contribution < 1.29 is 33.6 Å². The van der Waals surface area contributed by atoms with Gasteiger partial charge in [-0.1, -0.05) is 42.5 Å². The number of hydrogen-bond donors (Lipinski definition) is 1. The number of benzene rings is 2. The highest BCUT2D eigenvalue weighted by Crippen LogP contribution is 2.30. The maximum Gasteiger partial charge on any atom is 0.355 e. The first kappa shape index (κ1) is 27.3. The van der Waals surface area contributed by atoms with Crippen molar-refractivity contribution in [1.82, 2.24) is 9.88 Å². The minimum atomic E-state index is -2.33. The fraction of sp³-hybridized carbons (Fsp3) is 0.345. The first-order valence-corrected chi connectivity index (χ1v) is 12.5. The quantitative estimate of drug-likeness (QED) is 0.321. The molecular formula is C29H32N2O7. The summed E-state index contributed by atoms with van der Waals surface area (Å²) in [5, 5.41) is 11.0. The molecule has 9 nitrogen and oxygen atoms in total. The van der Waals surface area contributed by atoms with Crippen molar-refractivity contribution in [3.8, 4) is 5.88 Å². The lowest BCUT2D eigenvalue weighted by Crippen LogP contribution is -2.43. The molecule has 2 aromatic carbocycles. The summed E-state index contributed by atoms with van der Waals surface area (Å²) in [4.78, 5) is 32.0. The van der Waals surface area contributed by atoms with E-state index in [9.17, 15) is 14.7 Å². The summed E-state index contributed by atoms with van der Waals surface area (Å²) in [6, 6.07) is 19.6. The van der Waals surface area contributed by atoms with Gasteiger partial charge in [0.25, 0.3) is 0 Å². The minimum absolute atomic E-state index is 0.0389. The van der Waals surface area contributed by atoms with E-state index in [2.05, 4.69) is 4.98 Å². The lowest BCUT2D eigenvalue weighted by Gasteiger charge is -2.31. The lowest BCUT2D eigenvalue weighted by atomic mass is 9.90. The van der Waals surface area contributed by atoms with Crippen LogP contribution in [0.2, 0.25) is 0 Å². The molecule has 1 saturated heterocycles. The maximum absolute atomic E-state index is 13.5. The third-order valence-corrected chi connectivity index (χ3v) is 6.55. The molecule has 1 aliphatic heterocycles.